The summed E-state index contributed by atoms with van der Waals surface area (Å²) in [4.78, 5) is 47.5. The number of nitrogens with zero attached hydrogens (tertiary/aromatic N) is 4. The molecule has 0 aromatic carbocycles. The standard InChI is InChI=1S/C22H18ClF4N5O4/c1-2-15(22(25,26)27)29-21(36)13-9-32(20-14(23)5-10(24)7-28-20)19-12(18(13)35)3-4-16(30-19)31-8-11(33)6-17(31)34/h3-5,7,9,11,15,33H,2,6,8H2,1H3,(H,29,36)/t11-,15?/m0/s1. The number of aliphatic hydroxyl groups excluding tert-OH is 1. The predicted octanol–water partition coefficient (Wildman–Crippen LogP) is 2.74. The molecular formula is C22H18ClF4N5O4. The second kappa shape index (κ2) is 9.47. The van der Waals surface area contributed by atoms with Gasteiger partial charge in [0.25, 0.3) is 5.91 Å². The van der Waals surface area contributed by atoms with Gasteiger partial charge in [0.05, 0.1) is 35.7 Å². The molecule has 0 spiro atoms. The van der Waals surface area contributed by atoms with Crippen LogP contribution in [0.3, 0.4) is 0 Å². The van der Waals surface area contributed by atoms with Crippen molar-refractivity contribution >= 4 is 40.3 Å². The number of nitrogens with one attached hydrogen (secondary N) is 1. The Morgan fingerprint density at radius 3 is 2.64 bits per heavy atom. The number of carbonyl (C=O) groups is 2. The molecule has 1 aliphatic rings. The van der Waals surface area contributed by atoms with Gasteiger partial charge in [0.2, 0.25) is 11.3 Å². The van der Waals surface area contributed by atoms with Crippen molar-refractivity contribution < 1.29 is 32.3 Å². The van der Waals surface area contributed by atoms with Gasteiger partial charge in [0.1, 0.15) is 23.2 Å². The van der Waals surface area contributed by atoms with Crippen molar-refractivity contribution in [3.8, 4) is 5.82 Å². The summed E-state index contributed by atoms with van der Waals surface area (Å²) in [5.74, 6) is -2.60. The van der Waals surface area contributed by atoms with Crippen molar-refractivity contribution in [2.24, 2.45) is 0 Å². The summed E-state index contributed by atoms with van der Waals surface area (Å²) in [6, 6.07) is 1.25. The van der Waals surface area contributed by atoms with E-state index in [-0.39, 0.29) is 40.7 Å². The molecule has 190 valence electrons. The summed E-state index contributed by atoms with van der Waals surface area (Å²) in [5, 5.41) is 11.2. The number of alkyl halides is 3. The Bertz CT molecular complexity index is 1430. The van der Waals surface area contributed by atoms with Gasteiger partial charge in [0, 0.05) is 6.20 Å². The number of anilines is 1. The molecule has 0 bridgehead atoms. The highest BCUT2D eigenvalue weighted by Gasteiger charge is 2.40. The zero-order valence-corrected chi connectivity index (χ0v) is 19.3. The molecule has 4 heterocycles. The van der Waals surface area contributed by atoms with Gasteiger partial charge in [-0.15, -0.1) is 0 Å². The Hall–Kier alpha value is -3.58. The van der Waals surface area contributed by atoms with Gasteiger partial charge in [-0.2, -0.15) is 13.2 Å². The number of carbonyl (C=O) groups excluding carboxylic acids is 2. The van der Waals surface area contributed by atoms with Crippen molar-refractivity contribution in [2.75, 3.05) is 11.4 Å². The first-order valence-electron chi connectivity index (χ1n) is 10.6. The average Bonchev–Trinajstić information content (AvgIpc) is 3.14. The Morgan fingerprint density at radius 2 is 2.06 bits per heavy atom. The van der Waals surface area contributed by atoms with Crippen LogP contribution in [-0.4, -0.2) is 56.3 Å². The summed E-state index contributed by atoms with van der Waals surface area (Å²) in [7, 11) is 0. The fraction of sp³-hybridized carbons (Fsp3) is 0.318. The second-order valence-electron chi connectivity index (χ2n) is 8.08. The van der Waals surface area contributed by atoms with E-state index in [1.807, 2.05) is 0 Å². The monoisotopic (exact) mass is 527 g/mol. The van der Waals surface area contributed by atoms with Crippen LogP contribution in [0.5, 0.6) is 0 Å². The van der Waals surface area contributed by atoms with Crippen molar-refractivity contribution in [3.05, 3.63) is 57.2 Å². The Morgan fingerprint density at radius 1 is 1.33 bits per heavy atom. The smallest absolute Gasteiger partial charge is 0.391 e. The number of β-amino-alcohol motifs (C(OH)–C–C–N with tert-alkyl or cyclic N) is 1. The summed E-state index contributed by atoms with van der Waals surface area (Å²) >= 11 is 6.14. The van der Waals surface area contributed by atoms with Gasteiger partial charge in [-0.05, 0) is 24.6 Å². The zero-order valence-electron chi connectivity index (χ0n) is 18.5. The van der Waals surface area contributed by atoms with Crippen LogP contribution < -0.4 is 15.6 Å². The fourth-order valence-electron chi connectivity index (χ4n) is 3.81. The maximum absolute atomic E-state index is 13.6. The number of aliphatic hydroxyl groups is 1. The van der Waals surface area contributed by atoms with Gasteiger partial charge in [0.15, 0.2) is 11.5 Å². The van der Waals surface area contributed by atoms with Crippen molar-refractivity contribution in [1.29, 1.82) is 0 Å². The fourth-order valence-corrected chi connectivity index (χ4v) is 4.06. The molecule has 1 aliphatic heterocycles. The quantitative estimate of drug-likeness (QED) is 0.493. The Balaban J connectivity index is 1.92. The lowest BCUT2D eigenvalue weighted by molar-refractivity contribution is -0.153. The van der Waals surface area contributed by atoms with E-state index < -0.39 is 53.4 Å². The lowest BCUT2D eigenvalue weighted by atomic mass is 10.1. The first-order valence-corrected chi connectivity index (χ1v) is 11.0. The summed E-state index contributed by atoms with van der Waals surface area (Å²) in [6.45, 7) is 1.18. The number of hydrogen-bond acceptors (Lipinski definition) is 6. The lowest BCUT2D eigenvalue weighted by Crippen LogP contribution is -2.46. The molecule has 2 atom stereocenters. The minimum atomic E-state index is -4.74. The molecule has 36 heavy (non-hydrogen) atoms. The van der Waals surface area contributed by atoms with Crippen LogP contribution in [0.25, 0.3) is 16.9 Å². The third-order valence-corrected chi connectivity index (χ3v) is 5.87. The SMILES string of the molecule is CCC(NC(=O)c1cn(-c2ncc(F)cc2Cl)c2nc(N3C[C@@H](O)CC3=O)ccc2c1=O)C(F)(F)F. The number of aromatic nitrogens is 3. The van der Waals surface area contributed by atoms with Crippen molar-refractivity contribution in [2.45, 2.75) is 38.1 Å². The first-order chi connectivity index (χ1) is 16.9. The third-order valence-electron chi connectivity index (χ3n) is 5.59. The minimum absolute atomic E-state index is 0.0482. The molecule has 1 unspecified atom stereocenters. The molecule has 1 fully saturated rings. The number of pyridine rings is 3. The highest BCUT2D eigenvalue weighted by molar-refractivity contribution is 6.32. The molecule has 2 amide bonds. The van der Waals surface area contributed by atoms with E-state index in [1.165, 1.54) is 24.0 Å². The summed E-state index contributed by atoms with van der Waals surface area (Å²) in [6.07, 6.45) is -4.54. The van der Waals surface area contributed by atoms with Crippen LogP contribution in [0.4, 0.5) is 23.4 Å². The molecule has 0 radical (unpaired) electrons. The van der Waals surface area contributed by atoms with Crippen LogP contribution in [0.1, 0.15) is 30.1 Å². The third kappa shape index (κ3) is 4.75. The predicted molar refractivity (Wildman–Crippen MR) is 121 cm³/mol. The Kier molecular flexibility index (Phi) is 6.71. The molecule has 1 saturated heterocycles. The van der Waals surface area contributed by atoms with Gasteiger partial charge in [-0.1, -0.05) is 18.5 Å². The van der Waals surface area contributed by atoms with Crippen molar-refractivity contribution in [1.82, 2.24) is 19.9 Å². The highest BCUT2D eigenvalue weighted by atomic mass is 35.5. The first kappa shape index (κ1) is 25.5. The van der Waals surface area contributed by atoms with Crippen molar-refractivity contribution in [3.63, 3.8) is 0 Å². The largest absolute Gasteiger partial charge is 0.408 e. The molecule has 4 rings (SSSR count). The second-order valence-corrected chi connectivity index (χ2v) is 8.49. The topological polar surface area (TPSA) is 117 Å². The number of fused-ring (bicyclic) bond motifs is 1. The van der Waals surface area contributed by atoms with Crippen LogP contribution in [0.15, 0.2) is 35.4 Å². The minimum Gasteiger partial charge on any atom is -0.391 e. The van der Waals surface area contributed by atoms with E-state index in [9.17, 15) is 37.1 Å². The van der Waals surface area contributed by atoms with Crippen LogP contribution >= 0.6 is 11.6 Å². The van der Waals surface area contributed by atoms with Crippen LogP contribution in [0.2, 0.25) is 5.02 Å². The number of amides is 2. The molecule has 9 nitrogen and oxygen atoms in total. The zero-order chi connectivity index (χ0) is 26.4. The summed E-state index contributed by atoms with van der Waals surface area (Å²) in [5.41, 5.74) is -1.73. The van der Waals surface area contributed by atoms with E-state index >= 15 is 0 Å². The van der Waals surface area contributed by atoms with Crippen LogP contribution in [0, 0.1) is 5.82 Å². The maximum Gasteiger partial charge on any atom is 0.408 e. The number of hydrogen-bond donors (Lipinski definition) is 2. The van der Waals surface area contributed by atoms with E-state index in [4.69, 9.17) is 11.6 Å². The van der Waals surface area contributed by atoms with E-state index in [1.54, 1.807) is 5.32 Å². The van der Waals surface area contributed by atoms with E-state index in [0.29, 0.717) is 0 Å². The molecule has 3 aromatic heterocycles. The molecule has 0 aliphatic carbocycles. The molecule has 3 aromatic rings. The van der Waals surface area contributed by atoms with E-state index in [2.05, 4.69) is 9.97 Å². The van der Waals surface area contributed by atoms with Gasteiger partial charge in [-0.25, -0.2) is 14.4 Å². The molecule has 2 N–H and O–H groups in total. The molecular weight excluding hydrogens is 510 g/mol. The maximum atomic E-state index is 13.6. The highest BCUT2D eigenvalue weighted by Crippen LogP contribution is 2.27. The molecule has 0 saturated carbocycles. The Labute approximate surface area is 205 Å². The van der Waals surface area contributed by atoms with Gasteiger partial charge >= 0.3 is 6.18 Å². The van der Waals surface area contributed by atoms with E-state index in [0.717, 1.165) is 23.0 Å². The number of halogens is 5. The lowest BCUT2D eigenvalue weighted by Gasteiger charge is -2.21. The summed E-state index contributed by atoms with van der Waals surface area (Å²) < 4.78 is 54.3. The van der Waals surface area contributed by atoms with Crippen LogP contribution in [-0.2, 0) is 4.79 Å². The normalized spacial score (nSPS) is 17.0. The van der Waals surface area contributed by atoms with Gasteiger partial charge < -0.3 is 10.4 Å². The average molecular weight is 528 g/mol. The van der Waals surface area contributed by atoms with Gasteiger partial charge in [-0.3, -0.25) is 23.9 Å². The number of rotatable bonds is 5. The molecule has 14 heteroatoms.